The fraction of sp³-hybridized carbons (Fsp3) is 0.500. The molecule has 1 aliphatic heterocycles. The van der Waals surface area contributed by atoms with Crippen LogP contribution in [0.1, 0.15) is 107 Å². The minimum Gasteiger partial charge on any atom is -0.507 e. The Morgan fingerprint density at radius 2 is 1.78 bits per heavy atom. The van der Waals surface area contributed by atoms with E-state index in [4.69, 9.17) is 24.8 Å². The van der Waals surface area contributed by atoms with Crippen LogP contribution in [-0.2, 0) is 25.5 Å². The summed E-state index contributed by atoms with van der Waals surface area (Å²) < 4.78 is 17.7. The first kappa shape index (κ1) is 36.3. The first-order valence-corrected chi connectivity index (χ1v) is 17.0. The molecule has 4 aliphatic rings. The van der Waals surface area contributed by atoms with Gasteiger partial charge in [0.25, 0.3) is 0 Å². The predicted octanol–water partition coefficient (Wildman–Crippen LogP) is 2.59. The number of hydrogen-bond acceptors (Lipinski definition) is 14. The monoisotopic (exact) mass is 710 g/mol. The molecule has 15 nitrogen and oxygen atoms in total. The smallest absolute Gasteiger partial charge is 0.429 e. The van der Waals surface area contributed by atoms with Crippen molar-refractivity contribution in [2.45, 2.75) is 101 Å². The zero-order valence-corrected chi connectivity index (χ0v) is 28.3. The van der Waals surface area contributed by atoms with Gasteiger partial charge >= 0.3 is 6.09 Å². The molecule has 2 aromatic carbocycles. The van der Waals surface area contributed by atoms with Gasteiger partial charge in [0.1, 0.15) is 41.6 Å². The van der Waals surface area contributed by atoms with Gasteiger partial charge in [0.2, 0.25) is 5.78 Å². The molecule has 6 rings (SSSR count). The lowest BCUT2D eigenvalue weighted by Gasteiger charge is -2.45. The number of aliphatic hydroxyl groups excluding tert-OH is 2. The molecule has 1 saturated heterocycles. The zero-order valence-electron chi connectivity index (χ0n) is 28.3. The Bertz CT molecular complexity index is 1790. The first-order chi connectivity index (χ1) is 24.3. The number of ether oxygens (including phenoxy) is 3. The number of primary amides is 1. The molecular weight excluding hydrogens is 668 g/mol. The Morgan fingerprint density at radius 3 is 2.49 bits per heavy atom. The predicted molar refractivity (Wildman–Crippen MR) is 176 cm³/mol. The van der Waals surface area contributed by atoms with Gasteiger partial charge in [-0.2, -0.15) is 0 Å². The molecular formula is C36H42N2O13. The van der Waals surface area contributed by atoms with Crippen LogP contribution in [0.4, 0.5) is 4.79 Å². The average Bonchev–Trinajstić information content (AvgIpc) is 3.08. The zero-order chi connectivity index (χ0) is 36.8. The molecule has 0 radical (unpaired) electrons. The number of carbonyl (C=O) groups is 4. The van der Waals surface area contributed by atoms with E-state index in [0.717, 1.165) is 25.7 Å². The number of allylic oxidation sites excluding steroid dienone is 2. The number of ketones is 3. The second kappa shape index (κ2) is 14.2. The van der Waals surface area contributed by atoms with Gasteiger partial charge in [-0.1, -0.05) is 31.1 Å². The van der Waals surface area contributed by atoms with Crippen molar-refractivity contribution in [3.63, 3.8) is 0 Å². The SMILES string of the molecule is COc1cccc2c1C(=O)c1c(O)c3c(c(O)c1C2=O)C[C@@](O)(C(=O)CO)C[C@@H]3OC1CC(N(OC(N)=O)/C2=C/CCCCCC2)C(O)C(C)O1. The maximum absolute atomic E-state index is 14.0. The Kier molecular flexibility index (Phi) is 10.1. The Morgan fingerprint density at radius 1 is 1.06 bits per heavy atom. The normalized spacial score (nSPS) is 28.6. The molecule has 4 unspecified atom stereocenters. The number of phenols is 2. The maximum atomic E-state index is 14.0. The number of Topliss-reactive ketones (excluding diaryl/α,β-unsaturated/α-hetero) is 1. The fourth-order valence-corrected chi connectivity index (χ4v) is 7.74. The molecule has 7 N–H and O–H groups in total. The second-order valence-corrected chi connectivity index (χ2v) is 13.4. The highest BCUT2D eigenvalue weighted by Crippen LogP contribution is 2.52. The van der Waals surface area contributed by atoms with E-state index in [1.54, 1.807) is 6.92 Å². The van der Waals surface area contributed by atoms with Gasteiger partial charge in [0.05, 0.1) is 36.0 Å². The summed E-state index contributed by atoms with van der Waals surface area (Å²) in [6.45, 7) is 0.498. The highest BCUT2D eigenvalue weighted by molar-refractivity contribution is 6.31. The molecule has 0 spiro atoms. The number of phenolic OH excluding ortho intramolecular Hbond substituents is 2. The molecule has 15 heteroatoms. The number of hydroxylamine groups is 2. The highest BCUT2D eigenvalue weighted by atomic mass is 16.7. The number of methoxy groups -OCH3 is 1. The van der Waals surface area contributed by atoms with Crippen molar-refractivity contribution in [3.05, 3.63) is 63.4 Å². The Labute approximate surface area is 293 Å². The number of aromatic hydroxyl groups is 2. The average molecular weight is 711 g/mol. The number of hydrogen-bond donors (Lipinski definition) is 6. The quantitative estimate of drug-likeness (QED) is 0.146. The summed E-state index contributed by atoms with van der Waals surface area (Å²) in [6, 6.07) is 3.40. The Balaban J connectivity index is 1.43. The van der Waals surface area contributed by atoms with Crippen molar-refractivity contribution >= 4 is 23.4 Å². The standard InChI is InChI=1S/C36H42N2O13/c1-17-30(41)21(38(51-35(37)46)18-9-6-4-3-5-7-10-18)13-25(49-17)50-23-15-36(47,24(40)16-39)14-20-27(23)34(45)29-28(32(20)43)31(42)19-11-8-12-22(48-2)26(19)33(29)44/h8-9,11-12,17,21,23,25,30,39,41,43,45,47H,3-7,10,13-16H2,1-2H3,(H2,37,46)/b18-9+/t17?,21?,23-,25?,30?,36-/m0/s1. The van der Waals surface area contributed by atoms with Crippen molar-refractivity contribution in [1.29, 1.82) is 0 Å². The number of fused-ring (bicyclic) bond motifs is 3. The van der Waals surface area contributed by atoms with E-state index in [1.165, 1.54) is 30.4 Å². The number of rotatable bonds is 8. The van der Waals surface area contributed by atoms with Gasteiger partial charge in [-0.05, 0) is 38.7 Å². The van der Waals surface area contributed by atoms with E-state index in [1.807, 2.05) is 6.08 Å². The van der Waals surface area contributed by atoms with Crippen molar-refractivity contribution in [2.75, 3.05) is 13.7 Å². The highest BCUT2D eigenvalue weighted by Gasteiger charge is 2.51. The minimum absolute atomic E-state index is 0.0696. The molecule has 2 aromatic rings. The number of amides is 1. The summed E-state index contributed by atoms with van der Waals surface area (Å²) >= 11 is 0. The third-order valence-corrected chi connectivity index (χ3v) is 10.3. The fourth-order valence-electron chi connectivity index (χ4n) is 7.74. The van der Waals surface area contributed by atoms with E-state index >= 15 is 0 Å². The maximum Gasteiger partial charge on any atom is 0.429 e. The van der Waals surface area contributed by atoms with Crippen molar-refractivity contribution < 1.29 is 63.8 Å². The van der Waals surface area contributed by atoms with E-state index < -0.39 is 102 Å². The second-order valence-electron chi connectivity index (χ2n) is 13.4. The number of carbonyl (C=O) groups excluding carboxylic acids is 4. The number of aliphatic hydroxyl groups is 3. The summed E-state index contributed by atoms with van der Waals surface area (Å²) in [7, 11) is 1.31. The van der Waals surface area contributed by atoms with E-state index in [-0.39, 0.29) is 34.4 Å². The van der Waals surface area contributed by atoms with Crippen LogP contribution in [0.5, 0.6) is 17.2 Å². The molecule has 0 bridgehead atoms. The van der Waals surface area contributed by atoms with Crippen molar-refractivity contribution in [3.8, 4) is 17.2 Å². The van der Waals surface area contributed by atoms with Gasteiger partial charge in [-0.15, -0.1) is 0 Å². The molecule has 1 amide bonds. The molecule has 51 heavy (non-hydrogen) atoms. The molecule has 0 saturated carbocycles. The summed E-state index contributed by atoms with van der Waals surface area (Å²) in [4.78, 5) is 58.2. The van der Waals surface area contributed by atoms with Crippen LogP contribution in [0.2, 0.25) is 0 Å². The molecule has 0 aromatic heterocycles. The van der Waals surface area contributed by atoms with Gasteiger partial charge in [0, 0.05) is 41.6 Å². The van der Waals surface area contributed by atoms with Gasteiger partial charge in [-0.25, -0.2) is 9.86 Å². The van der Waals surface area contributed by atoms with Crippen LogP contribution >= 0.6 is 0 Å². The summed E-state index contributed by atoms with van der Waals surface area (Å²) in [6.07, 6.45) is -0.336. The largest absolute Gasteiger partial charge is 0.507 e. The van der Waals surface area contributed by atoms with Crippen LogP contribution in [-0.4, -0.2) is 97.9 Å². The number of nitrogens with two attached hydrogens (primary N) is 1. The van der Waals surface area contributed by atoms with Crippen LogP contribution in [0.15, 0.2) is 30.0 Å². The van der Waals surface area contributed by atoms with Gasteiger partial charge < -0.3 is 50.3 Å². The van der Waals surface area contributed by atoms with Crippen molar-refractivity contribution in [2.24, 2.45) is 5.73 Å². The lowest BCUT2D eigenvalue weighted by Crippen LogP contribution is -2.56. The van der Waals surface area contributed by atoms with Crippen LogP contribution in [0.3, 0.4) is 0 Å². The molecule has 274 valence electrons. The topological polar surface area (TPSA) is 236 Å². The molecule has 1 fully saturated rings. The van der Waals surface area contributed by atoms with Gasteiger partial charge in [-0.3, -0.25) is 14.4 Å². The van der Waals surface area contributed by atoms with Crippen molar-refractivity contribution in [1.82, 2.24) is 5.06 Å². The molecule has 3 aliphatic carbocycles. The van der Waals surface area contributed by atoms with E-state index in [2.05, 4.69) is 0 Å². The molecule has 6 atom stereocenters. The number of nitrogens with zero attached hydrogens (tertiary/aromatic N) is 1. The number of benzene rings is 2. The Hall–Kier alpha value is -4.54. The summed E-state index contributed by atoms with van der Waals surface area (Å²) in [5.41, 5.74) is 2.12. The summed E-state index contributed by atoms with van der Waals surface area (Å²) in [5.74, 6) is -4.01. The van der Waals surface area contributed by atoms with Crippen LogP contribution in [0, 0.1) is 0 Å². The third kappa shape index (κ3) is 6.44. The van der Waals surface area contributed by atoms with E-state index in [9.17, 15) is 44.7 Å². The van der Waals surface area contributed by atoms with Gasteiger partial charge in [0.15, 0.2) is 17.9 Å². The first-order valence-electron chi connectivity index (χ1n) is 17.0. The minimum atomic E-state index is -2.34. The van der Waals surface area contributed by atoms with Crippen LogP contribution in [0.25, 0.3) is 0 Å². The third-order valence-electron chi connectivity index (χ3n) is 10.3. The lowest BCUT2D eigenvalue weighted by molar-refractivity contribution is -0.276. The lowest BCUT2D eigenvalue weighted by atomic mass is 9.72. The van der Waals surface area contributed by atoms with Crippen LogP contribution < -0.4 is 10.5 Å². The molecule has 1 heterocycles. The van der Waals surface area contributed by atoms with E-state index in [0.29, 0.717) is 18.5 Å². The summed E-state index contributed by atoms with van der Waals surface area (Å²) in [5, 5.41) is 57.4.